The van der Waals surface area contributed by atoms with Gasteiger partial charge in [0.15, 0.2) is 5.96 Å². The molecule has 3 nitrogen and oxygen atoms in total. The Kier molecular flexibility index (Phi) is 6.79. The van der Waals surface area contributed by atoms with Crippen LogP contribution in [0.4, 0.5) is 0 Å². The molecular weight excluding hydrogens is 413 g/mol. The average Bonchev–Trinajstić information content (AvgIpc) is 3.02. The molecule has 2 N–H and O–H groups in total. The van der Waals surface area contributed by atoms with Crippen LogP contribution in [0.15, 0.2) is 20.9 Å². The number of nitrogens with one attached hydrogen (secondary N) is 2. The van der Waals surface area contributed by atoms with Crippen LogP contribution in [-0.2, 0) is 6.54 Å². The van der Waals surface area contributed by atoms with Crippen LogP contribution in [-0.4, -0.2) is 19.6 Å². The van der Waals surface area contributed by atoms with Crippen LogP contribution >= 0.6 is 51.2 Å². The van der Waals surface area contributed by atoms with E-state index in [1.165, 1.54) is 17.7 Å². The second-order valence-corrected chi connectivity index (χ2v) is 5.89. The Hall–Kier alpha value is 0.180. The maximum atomic E-state index is 4.20. The van der Waals surface area contributed by atoms with E-state index < -0.39 is 0 Å². The summed E-state index contributed by atoms with van der Waals surface area (Å²) in [6, 6.07) is 2.13. The molecule has 17 heavy (non-hydrogen) atoms. The number of hydrogen-bond donors (Lipinski definition) is 2. The van der Waals surface area contributed by atoms with E-state index in [1.54, 1.807) is 11.3 Å². The van der Waals surface area contributed by atoms with Gasteiger partial charge in [-0.15, -0.1) is 35.3 Å². The minimum absolute atomic E-state index is 0. The van der Waals surface area contributed by atoms with Gasteiger partial charge in [-0.05, 0) is 40.8 Å². The van der Waals surface area contributed by atoms with Crippen molar-refractivity contribution >= 4 is 57.2 Å². The standard InChI is InChI=1S/C11H16BrN3S.HI/c1-13-11(14-5-8-2-3-8)15-6-10-4-9(12)7-16-10;/h4,7-8H,2-3,5-6H2,1H3,(H2,13,14,15);1H. The fourth-order valence-electron chi connectivity index (χ4n) is 1.40. The van der Waals surface area contributed by atoms with Crippen LogP contribution in [0, 0.1) is 5.92 Å². The first-order valence-corrected chi connectivity index (χ1v) is 7.12. The maximum absolute atomic E-state index is 4.20. The molecule has 0 bridgehead atoms. The van der Waals surface area contributed by atoms with Crippen molar-refractivity contribution in [2.24, 2.45) is 10.9 Å². The van der Waals surface area contributed by atoms with Crippen molar-refractivity contribution in [2.75, 3.05) is 13.6 Å². The minimum Gasteiger partial charge on any atom is -0.356 e. The van der Waals surface area contributed by atoms with Gasteiger partial charge >= 0.3 is 0 Å². The topological polar surface area (TPSA) is 36.4 Å². The number of rotatable bonds is 4. The van der Waals surface area contributed by atoms with Gasteiger partial charge in [-0.3, -0.25) is 4.99 Å². The average molecular weight is 430 g/mol. The Morgan fingerprint density at radius 3 is 2.82 bits per heavy atom. The zero-order valence-corrected chi connectivity index (χ0v) is 14.4. The predicted octanol–water partition coefficient (Wildman–Crippen LogP) is 3.20. The summed E-state index contributed by atoms with van der Waals surface area (Å²) in [7, 11) is 1.81. The zero-order chi connectivity index (χ0) is 11.4. The quantitative estimate of drug-likeness (QED) is 0.438. The molecule has 2 rings (SSSR count). The van der Waals surface area contributed by atoms with E-state index in [1.807, 2.05) is 7.05 Å². The summed E-state index contributed by atoms with van der Waals surface area (Å²) in [4.78, 5) is 5.50. The molecule has 1 aromatic rings. The Balaban J connectivity index is 0.00000144. The first-order chi connectivity index (χ1) is 7.78. The van der Waals surface area contributed by atoms with Gasteiger partial charge in [0, 0.05) is 28.3 Å². The molecule has 1 fully saturated rings. The fourth-order valence-corrected chi connectivity index (χ4v) is 2.79. The molecule has 0 radical (unpaired) electrons. The van der Waals surface area contributed by atoms with E-state index in [9.17, 15) is 0 Å². The van der Waals surface area contributed by atoms with Crippen molar-refractivity contribution in [3.8, 4) is 0 Å². The molecule has 96 valence electrons. The molecule has 1 aliphatic carbocycles. The Morgan fingerprint density at radius 2 is 2.29 bits per heavy atom. The van der Waals surface area contributed by atoms with E-state index in [4.69, 9.17) is 0 Å². The van der Waals surface area contributed by atoms with Gasteiger partial charge in [0.05, 0.1) is 6.54 Å². The van der Waals surface area contributed by atoms with Crippen molar-refractivity contribution in [1.29, 1.82) is 0 Å². The fraction of sp³-hybridized carbons (Fsp3) is 0.545. The predicted molar refractivity (Wildman–Crippen MR) is 88.4 cm³/mol. The molecular formula is C11H17BrIN3S. The smallest absolute Gasteiger partial charge is 0.191 e. The SMILES string of the molecule is CN=C(NCc1cc(Br)cs1)NCC1CC1.I. The number of aliphatic imine (C=N–C) groups is 1. The molecule has 1 aliphatic rings. The van der Waals surface area contributed by atoms with Crippen LogP contribution in [0.25, 0.3) is 0 Å². The number of guanidine groups is 1. The van der Waals surface area contributed by atoms with E-state index in [-0.39, 0.29) is 24.0 Å². The van der Waals surface area contributed by atoms with Crippen LogP contribution < -0.4 is 10.6 Å². The summed E-state index contributed by atoms with van der Waals surface area (Å²) in [5.74, 6) is 1.77. The van der Waals surface area contributed by atoms with Crippen molar-refractivity contribution in [3.05, 3.63) is 20.8 Å². The second kappa shape index (κ2) is 7.58. The first kappa shape index (κ1) is 15.2. The molecule has 0 atom stereocenters. The van der Waals surface area contributed by atoms with Crippen molar-refractivity contribution in [1.82, 2.24) is 10.6 Å². The molecule has 0 spiro atoms. The van der Waals surface area contributed by atoms with Gasteiger partial charge in [0.2, 0.25) is 0 Å². The lowest BCUT2D eigenvalue weighted by Gasteiger charge is -2.10. The summed E-state index contributed by atoms with van der Waals surface area (Å²) >= 11 is 5.20. The highest BCUT2D eigenvalue weighted by atomic mass is 127. The third kappa shape index (κ3) is 5.56. The lowest BCUT2D eigenvalue weighted by Crippen LogP contribution is -2.37. The highest BCUT2D eigenvalue weighted by Gasteiger charge is 2.20. The Morgan fingerprint density at radius 1 is 1.53 bits per heavy atom. The largest absolute Gasteiger partial charge is 0.356 e. The van der Waals surface area contributed by atoms with Crippen molar-refractivity contribution in [3.63, 3.8) is 0 Å². The molecule has 0 amide bonds. The highest BCUT2D eigenvalue weighted by molar-refractivity contribution is 14.0. The van der Waals surface area contributed by atoms with E-state index >= 15 is 0 Å². The monoisotopic (exact) mass is 429 g/mol. The van der Waals surface area contributed by atoms with Crippen LogP contribution in [0.2, 0.25) is 0 Å². The Labute approximate surface area is 132 Å². The molecule has 0 unspecified atom stereocenters. The Bertz CT molecular complexity index is 377. The van der Waals surface area contributed by atoms with Gasteiger partial charge in [-0.1, -0.05) is 0 Å². The van der Waals surface area contributed by atoms with Crippen LogP contribution in [0.3, 0.4) is 0 Å². The van der Waals surface area contributed by atoms with Gasteiger partial charge < -0.3 is 10.6 Å². The molecule has 0 aromatic carbocycles. The first-order valence-electron chi connectivity index (χ1n) is 5.45. The van der Waals surface area contributed by atoms with Crippen molar-refractivity contribution in [2.45, 2.75) is 19.4 Å². The van der Waals surface area contributed by atoms with Crippen LogP contribution in [0.5, 0.6) is 0 Å². The second-order valence-electron chi connectivity index (χ2n) is 3.98. The molecule has 6 heteroatoms. The molecule has 0 saturated heterocycles. The molecule has 1 aromatic heterocycles. The maximum Gasteiger partial charge on any atom is 0.191 e. The summed E-state index contributed by atoms with van der Waals surface area (Å²) in [6.07, 6.45) is 2.73. The van der Waals surface area contributed by atoms with E-state index in [0.29, 0.717) is 0 Å². The molecule has 1 heterocycles. The summed E-state index contributed by atoms with van der Waals surface area (Å²) in [6.45, 7) is 1.88. The number of nitrogens with zero attached hydrogens (tertiary/aromatic N) is 1. The van der Waals surface area contributed by atoms with Crippen molar-refractivity contribution < 1.29 is 0 Å². The lowest BCUT2D eigenvalue weighted by atomic mass is 10.4. The molecule has 1 saturated carbocycles. The molecule has 0 aliphatic heterocycles. The number of halogens is 2. The van der Waals surface area contributed by atoms with E-state index in [0.717, 1.165) is 29.4 Å². The number of hydrogen-bond acceptors (Lipinski definition) is 2. The third-order valence-electron chi connectivity index (χ3n) is 2.53. The van der Waals surface area contributed by atoms with Gasteiger partial charge in [-0.2, -0.15) is 0 Å². The van der Waals surface area contributed by atoms with Crippen LogP contribution in [0.1, 0.15) is 17.7 Å². The van der Waals surface area contributed by atoms with Gasteiger partial charge in [0.25, 0.3) is 0 Å². The summed E-state index contributed by atoms with van der Waals surface area (Å²) < 4.78 is 1.15. The zero-order valence-electron chi connectivity index (χ0n) is 9.70. The normalized spacial score (nSPS) is 15.3. The van der Waals surface area contributed by atoms with E-state index in [2.05, 4.69) is 43.0 Å². The highest BCUT2D eigenvalue weighted by Crippen LogP contribution is 2.27. The number of thiophene rings is 1. The van der Waals surface area contributed by atoms with Gasteiger partial charge in [-0.25, -0.2) is 0 Å². The minimum atomic E-state index is 0. The summed E-state index contributed by atoms with van der Waals surface area (Å²) in [5, 5.41) is 8.75. The lowest BCUT2D eigenvalue weighted by molar-refractivity contribution is 0.739. The third-order valence-corrected chi connectivity index (χ3v) is 4.23. The van der Waals surface area contributed by atoms with Gasteiger partial charge in [0.1, 0.15) is 0 Å². The summed E-state index contributed by atoms with van der Waals surface area (Å²) in [5.41, 5.74) is 0.